The normalized spacial score (nSPS) is 12.3. The number of benzene rings is 2. The Bertz CT molecular complexity index is 917. The molecule has 0 saturated carbocycles. The first kappa shape index (κ1) is 23.0. The number of halogens is 1. The topological polar surface area (TPSA) is 75.7 Å². The second-order valence-electron chi connectivity index (χ2n) is 6.72. The van der Waals surface area contributed by atoms with Crippen LogP contribution in [0.3, 0.4) is 0 Å². The number of hydrogen-bond donors (Lipinski definition) is 1. The fraction of sp³-hybridized carbons (Fsp3) is 0.381. The number of amides is 1. The number of nitrogens with zero attached hydrogens (tertiary/aromatic N) is 1. The van der Waals surface area contributed by atoms with Crippen LogP contribution in [0.1, 0.15) is 37.8 Å². The van der Waals surface area contributed by atoms with Crippen LogP contribution in [0, 0.1) is 0 Å². The summed E-state index contributed by atoms with van der Waals surface area (Å²) in [6.45, 7) is 2.20. The molecule has 0 aromatic heterocycles. The van der Waals surface area contributed by atoms with Gasteiger partial charge < -0.3 is 10.1 Å². The highest BCUT2D eigenvalue weighted by Crippen LogP contribution is 2.23. The lowest BCUT2D eigenvalue weighted by molar-refractivity contribution is -0.121. The van der Waals surface area contributed by atoms with Gasteiger partial charge in [-0.1, -0.05) is 36.7 Å². The molecule has 0 spiro atoms. The molecule has 1 amide bonds. The third-order valence-electron chi connectivity index (χ3n) is 4.52. The summed E-state index contributed by atoms with van der Waals surface area (Å²) in [4.78, 5) is 12.4. The zero-order valence-corrected chi connectivity index (χ0v) is 18.5. The maximum Gasteiger partial charge on any atom is 0.232 e. The number of rotatable bonds is 10. The molecule has 2 aromatic rings. The number of carbonyl (C=O) groups is 1. The van der Waals surface area contributed by atoms with Crippen LogP contribution < -0.4 is 14.4 Å². The Labute approximate surface area is 177 Å². The molecule has 0 bridgehead atoms. The summed E-state index contributed by atoms with van der Waals surface area (Å²) in [7, 11) is -1.87. The second-order valence-corrected chi connectivity index (χ2v) is 9.06. The van der Waals surface area contributed by atoms with E-state index in [9.17, 15) is 13.2 Å². The summed E-state index contributed by atoms with van der Waals surface area (Å²) in [5.41, 5.74) is 1.49. The summed E-state index contributed by atoms with van der Waals surface area (Å²) in [6.07, 6.45) is 2.50. The molecule has 0 heterocycles. The van der Waals surface area contributed by atoms with Crippen LogP contribution in [0.4, 0.5) is 5.69 Å². The second kappa shape index (κ2) is 10.5. The maximum absolute atomic E-state index is 12.4. The number of carbonyl (C=O) groups excluding carboxylic acids is 1. The minimum absolute atomic E-state index is 0.104. The zero-order valence-electron chi connectivity index (χ0n) is 16.9. The van der Waals surface area contributed by atoms with Crippen molar-refractivity contribution in [2.24, 2.45) is 0 Å². The standard InChI is InChI=1S/C21H27ClN2O4S/c1-4-20(16-10-12-19(28-2)13-11-16)23-21(25)9-6-14-24(29(3,26)27)18-8-5-7-17(22)15-18/h5,7-8,10-13,15,20H,4,6,9,14H2,1-3H3,(H,23,25)/t20-/m0/s1. The van der Waals surface area contributed by atoms with Crippen LogP contribution in [0.2, 0.25) is 5.02 Å². The van der Waals surface area contributed by atoms with Crippen molar-refractivity contribution in [3.05, 3.63) is 59.1 Å². The van der Waals surface area contributed by atoms with Crippen LogP contribution in [0.5, 0.6) is 5.75 Å². The van der Waals surface area contributed by atoms with Gasteiger partial charge in [0.25, 0.3) is 0 Å². The predicted molar refractivity (Wildman–Crippen MR) is 117 cm³/mol. The monoisotopic (exact) mass is 438 g/mol. The summed E-state index contributed by atoms with van der Waals surface area (Å²) >= 11 is 5.98. The van der Waals surface area contributed by atoms with E-state index in [1.165, 1.54) is 4.31 Å². The largest absolute Gasteiger partial charge is 0.497 e. The van der Waals surface area contributed by atoms with Crippen molar-refractivity contribution < 1.29 is 17.9 Å². The van der Waals surface area contributed by atoms with Gasteiger partial charge in [-0.2, -0.15) is 0 Å². The summed E-state index contributed by atoms with van der Waals surface area (Å²) < 4.78 is 30.7. The van der Waals surface area contributed by atoms with Crippen molar-refractivity contribution in [2.45, 2.75) is 32.2 Å². The van der Waals surface area contributed by atoms with Gasteiger partial charge in [0.05, 0.1) is 25.1 Å². The third-order valence-corrected chi connectivity index (χ3v) is 5.95. The molecule has 0 saturated heterocycles. The molecule has 0 aliphatic carbocycles. The van der Waals surface area contributed by atoms with Gasteiger partial charge in [-0.3, -0.25) is 9.10 Å². The Morgan fingerprint density at radius 1 is 1.21 bits per heavy atom. The third kappa shape index (κ3) is 6.94. The number of ether oxygens (including phenoxy) is 1. The molecule has 2 aromatic carbocycles. The van der Waals surface area contributed by atoms with E-state index in [1.807, 2.05) is 31.2 Å². The molecule has 0 unspecified atom stereocenters. The first-order chi connectivity index (χ1) is 13.7. The van der Waals surface area contributed by atoms with E-state index in [0.29, 0.717) is 17.1 Å². The van der Waals surface area contributed by atoms with E-state index in [-0.39, 0.29) is 24.9 Å². The Kier molecular flexibility index (Phi) is 8.34. The molecule has 0 aliphatic heterocycles. The lowest BCUT2D eigenvalue weighted by Crippen LogP contribution is -2.33. The van der Waals surface area contributed by atoms with Gasteiger partial charge in [0.2, 0.25) is 15.9 Å². The lowest BCUT2D eigenvalue weighted by Gasteiger charge is -2.23. The fourth-order valence-electron chi connectivity index (χ4n) is 3.02. The average molecular weight is 439 g/mol. The van der Waals surface area contributed by atoms with Crippen molar-refractivity contribution in [2.75, 3.05) is 24.2 Å². The van der Waals surface area contributed by atoms with Crippen LogP contribution in [0.15, 0.2) is 48.5 Å². The quantitative estimate of drug-likeness (QED) is 0.604. The van der Waals surface area contributed by atoms with Gasteiger partial charge in [0.15, 0.2) is 0 Å². The van der Waals surface area contributed by atoms with E-state index >= 15 is 0 Å². The lowest BCUT2D eigenvalue weighted by atomic mass is 10.0. The van der Waals surface area contributed by atoms with Gasteiger partial charge >= 0.3 is 0 Å². The first-order valence-electron chi connectivity index (χ1n) is 9.41. The van der Waals surface area contributed by atoms with E-state index in [0.717, 1.165) is 24.0 Å². The van der Waals surface area contributed by atoms with Crippen molar-refractivity contribution in [1.29, 1.82) is 0 Å². The number of methoxy groups -OCH3 is 1. The predicted octanol–water partition coefficient (Wildman–Crippen LogP) is 4.16. The molecule has 0 aliphatic rings. The minimum atomic E-state index is -3.48. The molecular formula is C21H27ClN2O4S. The Morgan fingerprint density at radius 3 is 2.45 bits per heavy atom. The molecule has 1 N–H and O–H groups in total. The number of anilines is 1. The van der Waals surface area contributed by atoms with Crippen molar-refractivity contribution in [3.63, 3.8) is 0 Å². The molecule has 8 heteroatoms. The van der Waals surface area contributed by atoms with Gasteiger partial charge in [-0.15, -0.1) is 0 Å². The van der Waals surface area contributed by atoms with E-state index in [1.54, 1.807) is 31.4 Å². The summed E-state index contributed by atoms with van der Waals surface area (Å²) in [5, 5.41) is 3.47. The molecule has 0 radical (unpaired) electrons. The van der Waals surface area contributed by atoms with Gasteiger partial charge in [-0.05, 0) is 48.7 Å². The maximum atomic E-state index is 12.4. The molecule has 2 rings (SSSR count). The fourth-order valence-corrected chi connectivity index (χ4v) is 4.17. The molecule has 6 nitrogen and oxygen atoms in total. The first-order valence-corrected chi connectivity index (χ1v) is 11.6. The molecular weight excluding hydrogens is 412 g/mol. The average Bonchev–Trinajstić information content (AvgIpc) is 2.68. The summed E-state index contributed by atoms with van der Waals surface area (Å²) in [6, 6.07) is 14.1. The number of sulfonamides is 1. The molecule has 29 heavy (non-hydrogen) atoms. The van der Waals surface area contributed by atoms with Crippen LogP contribution >= 0.6 is 11.6 Å². The SMILES string of the molecule is CC[C@H](NC(=O)CCCN(c1cccc(Cl)c1)S(C)(=O)=O)c1ccc(OC)cc1. The van der Waals surface area contributed by atoms with Crippen LogP contribution in [-0.2, 0) is 14.8 Å². The molecule has 1 atom stereocenters. The van der Waals surface area contributed by atoms with E-state index in [4.69, 9.17) is 16.3 Å². The highest BCUT2D eigenvalue weighted by molar-refractivity contribution is 7.92. The van der Waals surface area contributed by atoms with Crippen LogP contribution in [0.25, 0.3) is 0 Å². The highest BCUT2D eigenvalue weighted by Gasteiger charge is 2.19. The smallest absolute Gasteiger partial charge is 0.232 e. The van der Waals surface area contributed by atoms with Crippen molar-refractivity contribution in [3.8, 4) is 5.75 Å². The Morgan fingerprint density at radius 2 is 1.90 bits per heavy atom. The van der Waals surface area contributed by atoms with Crippen LogP contribution in [-0.4, -0.2) is 34.2 Å². The van der Waals surface area contributed by atoms with Gasteiger partial charge in [-0.25, -0.2) is 8.42 Å². The van der Waals surface area contributed by atoms with Gasteiger partial charge in [0, 0.05) is 18.0 Å². The highest BCUT2D eigenvalue weighted by atomic mass is 35.5. The molecule has 0 fully saturated rings. The Balaban J connectivity index is 1.95. The minimum Gasteiger partial charge on any atom is -0.497 e. The van der Waals surface area contributed by atoms with E-state index < -0.39 is 10.0 Å². The molecule has 158 valence electrons. The number of hydrogen-bond acceptors (Lipinski definition) is 4. The zero-order chi connectivity index (χ0) is 21.4. The van der Waals surface area contributed by atoms with Gasteiger partial charge in [0.1, 0.15) is 5.75 Å². The van der Waals surface area contributed by atoms with Crippen molar-refractivity contribution >= 4 is 33.2 Å². The number of nitrogens with one attached hydrogen (secondary N) is 1. The van der Waals surface area contributed by atoms with E-state index in [2.05, 4.69) is 5.32 Å². The summed E-state index contributed by atoms with van der Waals surface area (Å²) in [5.74, 6) is 0.643. The van der Waals surface area contributed by atoms with Crippen molar-refractivity contribution in [1.82, 2.24) is 5.32 Å². The Hall–Kier alpha value is -2.25.